The third-order valence-corrected chi connectivity index (χ3v) is 6.15. The Kier molecular flexibility index (Phi) is 5.88. The van der Waals surface area contributed by atoms with Gasteiger partial charge < -0.3 is 15.2 Å². The molecule has 2 aliphatic rings. The smallest absolute Gasteiger partial charge is 0.249 e. The molecule has 1 amide bonds. The van der Waals surface area contributed by atoms with Crippen molar-refractivity contribution in [3.63, 3.8) is 0 Å². The molecule has 1 aliphatic carbocycles. The summed E-state index contributed by atoms with van der Waals surface area (Å²) < 4.78 is 11.4. The summed E-state index contributed by atoms with van der Waals surface area (Å²) in [6, 6.07) is 17.8. The molecule has 0 bridgehead atoms. The second-order valence-electron chi connectivity index (χ2n) is 8.26. The molecule has 0 radical (unpaired) electrons. The molecule has 2 heterocycles. The molecule has 2 aromatic carbocycles. The highest BCUT2D eigenvalue weighted by atomic mass is 16.5. The fourth-order valence-corrected chi connectivity index (χ4v) is 4.48. The second kappa shape index (κ2) is 9.10. The minimum Gasteiger partial charge on any atom is -0.494 e. The number of aromatic nitrogens is 1. The first-order chi connectivity index (χ1) is 15.7. The number of hydrogen-bond acceptors (Lipinski definition) is 5. The van der Waals surface area contributed by atoms with Crippen LogP contribution in [0.5, 0.6) is 5.75 Å². The van der Waals surface area contributed by atoms with E-state index in [0.717, 1.165) is 78.7 Å². The first-order valence-electron chi connectivity index (χ1n) is 11.1. The molecule has 0 unspecified atom stereocenters. The van der Waals surface area contributed by atoms with Gasteiger partial charge in [0.2, 0.25) is 5.91 Å². The number of primary amides is 1. The third-order valence-electron chi connectivity index (χ3n) is 6.15. The Morgan fingerprint density at radius 1 is 1.09 bits per heavy atom. The highest BCUT2D eigenvalue weighted by molar-refractivity contribution is 5.98. The highest BCUT2D eigenvalue weighted by Crippen LogP contribution is 2.40. The number of carbonyl (C=O) groups excluding carboxylic acids is 1. The third kappa shape index (κ3) is 4.24. The molecular formula is C26H27N3O3. The number of hydrogen-bond donors (Lipinski definition) is 1. The molecular weight excluding hydrogens is 402 g/mol. The summed E-state index contributed by atoms with van der Waals surface area (Å²) in [5.41, 5.74) is 11.9. The number of nitrogens with zero attached hydrogens (tertiary/aromatic N) is 2. The van der Waals surface area contributed by atoms with Gasteiger partial charge >= 0.3 is 0 Å². The number of nitrogens with two attached hydrogens (primary N) is 1. The van der Waals surface area contributed by atoms with E-state index in [1.54, 1.807) is 0 Å². The predicted octanol–water partition coefficient (Wildman–Crippen LogP) is 3.52. The van der Waals surface area contributed by atoms with E-state index in [4.69, 9.17) is 20.2 Å². The average molecular weight is 430 g/mol. The fourth-order valence-electron chi connectivity index (χ4n) is 4.48. The zero-order valence-corrected chi connectivity index (χ0v) is 18.0. The number of ether oxygens (including phenoxy) is 2. The van der Waals surface area contributed by atoms with E-state index in [-0.39, 0.29) is 0 Å². The fraction of sp³-hybridized carbons (Fsp3) is 0.308. The van der Waals surface area contributed by atoms with Crippen LogP contribution in [-0.2, 0) is 11.2 Å². The molecule has 5 rings (SSSR count). The maximum Gasteiger partial charge on any atom is 0.249 e. The van der Waals surface area contributed by atoms with Gasteiger partial charge in [0.05, 0.1) is 31.2 Å². The summed E-state index contributed by atoms with van der Waals surface area (Å²) in [5.74, 6) is 0.427. The largest absolute Gasteiger partial charge is 0.494 e. The van der Waals surface area contributed by atoms with Crippen molar-refractivity contribution in [1.82, 2.24) is 9.88 Å². The van der Waals surface area contributed by atoms with E-state index in [0.29, 0.717) is 18.6 Å². The number of benzene rings is 2. The first kappa shape index (κ1) is 20.7. The zero-order valence-electron chi connectivity index (χ0n) is 18.0. The molecule has 3 aromatic rings. The van der Waals surface area contributed by atoms with Gasteiger partial charge in [-0.3, -0.25) is 9.69 Å². The predicted molar refractivity (Wildman–Crippen MR) is 124 cm³/mol. The van der Waals surface area contributed by atoms with Crippen LogP contribution in [0, 0.1) is 0 Å². The summed E-state index contributed by atoms with van der Waals surface area (Å²) in [5, 5.41) is 0. The van der Waals surface area contributed by atoms with Crippen LogP contribution in [0.25, 0.3) is 22.5 Å². The number of morpholine rings is 1. The molecule has 0 saturated carbocycles. The van der Waals surface area contributed by atoms with Gasteiger partial charge in [0.25, 0.3) is 0 Å². The number of rotatable bonds is 7. The maximum absolute atomic E-state index is 12.2. The molecule has 6 heteroatoms. The Balaban J connectivity index is 1.34. The molecule has 0 spiro atoms. The van der Waals surface area contributed by atoms with E-state index in [1.807, 2.05) is 48.5 Å². The molecule has 164 valence electrons. The van der Waals surface area contributed by atoms with Crippen LogP contribution in [0.1, 0.15) is 27.9 Å². The maximum atomic E-state index is 12.2. The van der Waals surface area contributed by atoms with Gasteiger partial charge in [-0.15, -0.1) is 0 Å². The average Bonchev–Trinajstić information content (AvgIpc) is 3.20. The van der Waals surface area contributed by atoms with Gasteiger partial charge in [-0.2, -0.15) is 0 Å². The van der Waals surface area contributed by atoms with Gasteiger partial charge in [-0.05, 0) is 41.8 Å². The molecule has 1 saturated heterocycles. The van der Waals surface area contributed by atoms with Gasteiger partial charge in [0.1, 0.15) is 5.75 Å². The summed E-state index contributed by atoms with van der Waals surface area (Å²) in [6.07, 6.45) is 1.61. The summed E-state index contributed by atoms with van der Waals surface area (Å²) in [7, 11) is 0. The van der Waals surface area contributed by atoms with Crippen LogP contribution in [-0.4, -0.2) is 55.2 Å². The minimum absolute atomic E-state index is 0.423. The SMILES string of the molecule is NC(=O)c1cc(-c2ccccc2)nc2c1Cc1cc(OCCCN3CCOCC3)ccc1-2. The van der Waals surface area contributed by atoms with Crippen molar-refractivity contribution in [2.24, 2.45) is 5.73 Å². The van der Waals surface area contributed by atoms with Gasteiger partial charge in [-0.25, -0.2) is 4.98 Å². The standard InChI is InChI=1S/C26H27N3O3/c27-26(30)23-17-24(18-5-2-1-3-6-18)28-25-21-8-7-20(15-19(21)16-22(23)25)32-12-4-9-29-10-13-31-14-11-29/h1-3,5-8,15,17H,4,9-14,16H2,(H2,27,30). The Hall–Kier alpha value is -3.22. The van der Waals surface area contributed by atoms with Crippen LogP contribution in [0.2, 0.25) is 0 Å². The minimum atomic E-state index is -0.423. The second-order valence-corrected chi connectivity index (χ2v) is 8.26. The molecule has 1 aliphatic heterocycles. The number of carbonyl (C=O) groups is 1. The van der Waals surface area contributed by atoms with Gasteiger partial charge in [0.15, 0.2) is 0 Å². The first-order valence-corrected chi connectivity index (χ1v) is 11.1. The van der Waals surface area contributed by atoms with Crippen molar-refractivity contribution in [3.05, 3.63) is 71.3 Å². The summed E-state index contributed by atoms with van der Waals surface area (Å²) in [6.45, 7) is 5.33. The van der Waals surface area contributed by atoms with Crippen molar-refractivity contribution >= 4 is 5.91 Å². The van der Waals surface area contributed by atoms with Gasteiger partial charge in [-0.1, -0.05) is 30.3 Å². The van der Waals surface area contributed by atoms with Crippen LogP contribution < -0.4 is 10.5 Å². The van der Waals surface area contributed by atoms with Crippen molar-refractivity contribution in [2.75, 3.05) is 39.5 Å². The van der Waals surface area contributed by atoms with Crippen LogP contribution in [0.15, 0.2) is 54.6 Å². The lowest BCUT2D eigenvalue weighted by molar-refractivity contribution is 0.0358. The number of fused-ring (bicyclic) bond motifs is 3. The molecule has 32 heavy (non-hydrogen) atoms. The Morgan fingerprint density at radius 3 is 2.69 bits per heavy atom. The molecule has 1 fully saturated rings. The lowest BCUT2D eigenvalue weighted by Crippen LogP contribution is -2.37. The molecule has 0 atom stereocenters. The molecule has 6 nitrogen and oxygen atoms in total. The molecule has 1 aromatic heterocycles. The summed E-state index contributed by atoms with van der Waals surface area (Å²) >= 11 is 0. The quantitative estimate of drug-likeness (QED) is 0.455. The zero-order chi connectivity index (χ0) is 21.9. The van der Waals surface area contributed by atoms with Crippen LogP contribution in [0.4, 0.5) is 0 Å². The normalized spacial score (nSPS) is 15.2. The monoisotopic (exact) mass is 429 g/mol. The van der Waals surface area contributed by atoms with Crippen molar-refractivity contribution in [3.8, 4) is 28.3 Å². The topological polar surface area (TPSA) is 77.7 Å². The van der Waals surface area contributed by atoms with E-state index in [9.17, 15) is 4.79 Å². The van der Waals surface area contributed by atoms with Crippen LogP contribution >= 0.6 is 0 Å². The van der Waals surface area contributed by atoms with Crippen molar-refractivity contribution < 1.29 is 14.3 Å². The Labute approximate surface area is 188 Å². The van der Waals surface area contributed by atoms with Crippen LogP contribution in [0.3, 0.4) is 0 Å². The van der Waals surface area contributed by atoms with Crippen molar-refractivity contribution in [1.29, 1.82) is 0 Å². The lowest BCUT2D eigenvalue weighted by atomic mass is 10.0. The number of amides is 1. The number of pyridine rings is 1. The Bertz CT molecular complexity index is 1120. The van der Waals surface area contributed by atoms with E-state index < -0.39 is 5.91 Å². The van der Waals surface area contributed by atoms with Gasteiger partial charge in [0, 0.05) is 42.7 Å². The molecule has 2 N–H and O–H groups in total. The van der Waals surface area contributed by atoms with E-state index in [2.05, 4.69) is 11.0 Å². The Morgan fingerprint density at radius 2 is 1.91 bits per heavy atom. The summed E-state index contributed by atoms with van der Waals surface area (Å²) in [4.78, 5) is 19.5. The lowest BCUT2D eigenvalue weighted by Gasteiger charge is -2.26. The highest BCUT2D eigenvalue weighted by Gasteiger charge is 2.26. The van der Waals surface area contributed by atoms with Crippen molar-refractivity contribution in [2.45, 2.75) is 12.8 Å². The van der Waals surface area contributed by atoms with E-state index in [1.165, 1.54) is 0 Å². The van der Waals surface area contributed by atoms with E-state index >= 15 is 0 Å².